The molecule has 2 aliphatic heterocycles. The highest BCUT2D eigenvalue weighted by Gasteiger charge is 2.74. The minimum Gasteiger partial charge on any atom is -0.491 e. The summed E-state index contributed by atoms with van der Waals surface area (Å²) >= 11 is 12.9. The maximum atomic E-state index is 12.9. The number of likely N-dealkylation sites (N-methyl/N-ethyl adjacent to an activating group) is 1. The molecule has 6 fully saturated rings. The molecule has 0 radical (unpaired) electrons. The van der Waals surface area contributed by atoms with Crippen molar-refractivity contribution in [1.82, 2.24) is 15.1 Å². The van der Waals surface area contributed by atoms with Crippen LogP contribution in [0.15, 0.2) is 54.7 Å². The third-order valence-corrected chi connectivity index (χ3v) is 14.6. The Morgan fingerprint density at radius 1 is 0.966 bits per heavy atom. The fraction of sp³-hybridized carbons (Fsp3) is 0.644. The van der Waals surface area contributed by atoms with Crippen LogP contribution >= 0.6 is 23.2 Å². The summed E-state index contributed by atoms with van der Waals surface area (Å²) in [4.78, 5) is 32.0. The van der Waals surface area contributed by atoms with E-state index in [9.17, 15) is 9.59 Å². The highest BCUT2D eigenvalue weighted by Crippen LogP contribution is 2.82. The van der Waals surface area contributed by atoms with Crippen molar-refractivity contribution in [2.75, 3.05) is 90.4 Å². The smallest absolute Gasteiger partial charge is 0.248 e. The summed E-state index contributed by atoms with van der Waals surface area (Å²) in [6.07, 6.45) is 12.5. The van der Waals surface area contributed by atoms with Crippen molar-refractivity contribution in [2.24, 2.45) is 28.6 Å². The fourth-order valence-corrected chi connectivity index (χ4v) is 12.2. The Labute approximate surface area is 353 Å². The molecular weight excluding hydrogens is 779 g/mol. The Kier molecular flexibility index (Phi) is 12.8. The summed E-state index contributed by atoms with van der Waals surface area (Å²) in [5.41, 5.74) is 2.59. The summed E-state index contributed by atoms with van der Waals surface area (Å²) in [6.45, 7) is 10.4. The molecule has 1 N–H and O–H groups in total. The highest BCUT2D eigenvalue weighted by molar-refractivity contribution is 6.35. The largest absolute Gasteiger partial charge is 0.491 e. The highest BCUT2D eigenvalue weighted by atomic mass is 35.5. The molecule has 4 saturated carbocycles. The predicted molar refractivity (Wildman–Crippen MR) is 224 cm³/mol. The first-order chi connectivity index (χ1) is 28.1. The first-order valence-corrected chi connectivity index (χ1v) is 22.2. The number of carbonyl (C=O) groups is 2. The van der Waals surface area contributed by atoms with E-state index in [2.05, 4.69) is 22.0 Å². The summed E-state index contributed by atoms with van der Waals surface area (Å²) in [6, 6.07) is 13.4. The summed E-state index contributed by atoms with van der Waals surface area (Å²) in [5.74, 6) is 2.54. The van der Waals surface area contributed by atoms with E-state index in [1.54, 1.807) is 12.1 Å². The molecule has 6 aliphatic rings. The van der Waals surface area contributed by atoms with Crippen molar-refractivity contribution < 1.29 is 33.3 Å². The number of allylic oxidation sites excluding steroid dienone is 1. The third kappa shape index (κ3) is 8.59. The maximum absolute atomic E-state index is 12.9. The minimum atomic E-state index is -1.06. The van der Waals surface area contributed by atoms with Gasteiger partial charge in [0.25, 0.3) is 0 Å². The molecule has 4 aliphatic carbocycles. The number of piperazine rings is 1. The minimum absolute atomic E-state index is 0.0116. The van der Waals surface area contributed by atoms with Gasteiger partial charge in [-0.2, -0.15) is 0 Å². The molecule has 5 unspecified atom stereocenters. The van der Waals surface area contributed by atoms with E-state index in [0.29, 0.717) is 81.1 Å². The van der Waals surface area contributed by atoms with Gasteiger partial charge in [-0.1, -0.05) is 35.3 Å². The van der Waals surface area contributed by atoms with Crippen LogP contribution in [0.4, 0.5) is 5.69 Å². The molecule has 7 atom stereocenters. The standard InChI is InChI=1S/C45H60Cl2N4O7/c1-3-12-49(4-2)31-45(39-10-5-35(46)22-40(39)47)57-29-38(58-45)28-56-37-8-6-36(7-9-37)50-13-15-51(16-14-50)42(53)30-55-19-18-54-17-11-48-41(52)27-43-23-33-20-32-21-34(26-43)44(43,24-32)25-33/h3,5-10,12,22,32-34,38H,4,11,13-21,23-31H2,1-2H3,(H,48,52)/b12-3-/t32?,33?,34?,38-,43?,44?,45-/m0/s1. The first-order valence-electron chi connectivity index (χ1n) is 21.4. The Morgan fingerprint density at radius 2 is 1.76 bits per heavy atom. The number of fused-ring (bicyclic) bond motifs is 2. The van der Waals surface area contributed by atoms with Gasteiger partial charge in [-0.3, -0.25) is 9.59 Å². The molecule has 1 spiro atoms. The van der Waals surface area contributed by atoms with Crippen LogP contribution in [-0.4, -0.2) is 113 Å². The van der Waals surface area contributed by atoms with Crippen LogP contribution < -0.4 is 15.0 Å². The van der Waals surface area contributed by atoms with Gasteiger partial charge in [0.2, 0.25) is 17.6 Å². The van der Waals surface area contributed by atoms with Gasteiger partial charge in [0.05, 0.1) is 38.0 Å². The SMILES string of the molecule is C/C=C\N(CC)C[C@]1(c2ccc(Cl)cc2Cl)OC[C@H](COc2ccc(N3CCN(C(=O)COCCOCCNC(=O)CC45CC6CC7CC(C4)C5(C7)C6)CC3)cc2)O1. The molecule has 11 nitrogen and oxygen atoms in total. The molecule has 3 bridgehead atoms. The zero-order valence-electron chi connectivity index (χ0n) is 34.1. The van der Waals surface area contributed by atoms with Crippen LogP contribution in [-0.2, 0) is 34.3 Å². The quantitative estimate of drug-likeness (QED) is 0.152. The molecule has 2 aromatic rings. The number of nitrogens with one attached hydrogen (secondary N) is 1. The van der Waals surface area contributed by atoms with Crippen molar-refractivity contribution in [3.63, 3.8) is 0 Å². The Balaban J connectivity index is 0.697. The second-order valence-corrected chi connectivity index (χ2v) is 18.3. The van der Waals surface area contributed by atoms with Crippen LogP contribution in [0.5, 0.6) is 5.75 Å². The van der Waals surface area contributed by atoms with E-state index in [1.165, 1.54) is 38.5 Å². The zero-order valence-corrected chi connectivity index (χ0v) is 35.6. The summed E-state index contributed by atoms with van der Waals surface area (Å²) in [5, 5.41) is 4.15. The third-order valence-electron chi connectivity index (χ3n) is 14.1. The Morgan fingerprint density at radius 3 is 2.53 bits per heavy atom. The van der Waals surface area contributed by atoms with Crippen LogP contribution in [0.1, 0.15) is 64.4 Å². The number of ether oxygens (including phenoxy) is 5. The van der Waals surface area contributed by atoms with Crippen molar-refractivity contribution in [3.05, 3.63) is 70.3 Å². The second-order valence-electron chi connectivity index (χ2n) is 17.5. The number of hydrogen-bond acceptors (Lipinski definition) is 9. The number of hydrogen-bond donors (Lipinski definition) is 1. The van der Waals surface area contributed by atoms with Crippen molar-refractivity contribution in [2.45, 2.75) is 70.7 Å². The van der Waals surface area contributed by atoms with E-state index >= 15 is 0 Å². The molecule has 2 aromatic carbocycles. The second kappa shape index (κ2) is 17.9. The fourth-order valence-electron chi connectivity index (χ4n) is 11.7. The van der Waals surface area contributed by atoms with Crippen LogP contribution in [0, 0.1) is 28.6 Å². The number of anilines is 1. The van der Waals surface area contributed by atoms with Crippen molar-refractivity contribution >= 4 is 40.7 Å². The number of amides is 2. The van der Waals surface area contributed by atoms with Crippen LogP contribution in [0.3, 0.4) is 0 Å². The maximum Gasteiger partial charge on any atom is 0.248 e. The molecular formula is C45H60Cl2N4O7. The number of nitrogens with zero attached hydrogens (tertiary/aromatic N) is 3. The molecule has 13 heteroatoms. The van der Waals surface area contributed by atoms with Gasteiger partial charge in [0, 0.05) is 62.0 Å². The van der Waals surface area contributed by atoms with Gasteiger partial charge in [0.1, 0.15) is 25.1 Å². The van der Waals surface area contributed by atoms with Crippen LogP contribution in [0.2, 0.25) is 10.0 Å². The lowest BCUT2D eigenvalue weighted by Gasteiger charge is -2.59. The Hall–Kier alpha value is -3.06. The zero-order chi connectivity index (χ0) is 40.3. The lowest BCUT2D eigenvalue weighted by molar-refractivity contribution is -0.187. The predicted octanol–water partition coefficient (Wildman–Crippen LogP) is 6.90. The monoisotopic (exact) mass is 838 g/mol. The number of rotatable bonds is 19. The summed E-state index contributed by atoms with van der Waals surface area (Å²) < 4.78 is 30.5. The Bertz CT molecular complexity index is 1790. The van der Waals surface area contributed by atoms with E-state index in [4.69, 9.17) is 46.9 Å². The lowest BCUT2D eigenvalue weighted by atomic mass is 9.45. The van der Waals surface area contributed by atoms with E-state index in [0.717, 1.165) is 54.4 Å². The van der Waals surface area contributed by atoms with Crippen molar-refractivity contribution in [1.29, 1.82) is 0 Å². The number of carbonyl (C=O) groups excluding carboxylic acids is 2. The number of benzene rings is 2. The van der Waals surface area contributed by atoms with Crippen molar-refractivity contribution in [3.8, 4) is 5.75 Å². The number of halogens is 2. The molecule has 316 valence electrons. The van der Waals surface area contributed by atoms with Gasteiger partial charge in [-0.15, -0.1) is 0 Å². The molecule has 58 heavy (non-hydrogen) atoms. The molecule has 2 amide bonds. The molecule has 8 rings (SSSR count). The lowest BCUT2D eigenvalue weighted by Crippen LogP contribution is -2.54. The molecule has 0 aromatic heterocycles. The van der Waals surface area contributed by atoms with Crippen LogP contribution in [0.25, 0.3) is 0 Å². The van der Waals surface area contributed by atoms with Gasteiger partial charge < -0.3 is 43.7 Å². The summed E-state index contributed by atoms with van der Waals surface area (Å²) in [7, 11) is 0. The first kappa shape index (κ1) is 41.7. The topological polar surface area (TPSA) is 102 Å². The normalized spacial score (nSPS) is 30.8. The van der Waals surface area contributed by atoms with E-state index in [1.807, 2.05) is 54.4 Å². The van der Waals surface area contributed by atoms with Gasteiger partial charge in [-0.25, -0.2) is 0 Å². The molecule has 2 heterocycles. The van der Waals surface area contributed by atoms with Gasteiger partial charge in [-0.05, 0) is 124 Å². The van der Waals surface area contributed by atoms with Gasteiger partial charge >= 0.3 is 0 Å². The van der Waals surface area contributed by atoms with Gasteiger partial charge in [0.15, 0.2) is 0 Å². The van der Waals surface area contributed by atoms with E-state index < -0.39 is 5.79 Å². The molecule has 2 saturated heterocycles. The average Bonchev–Trinajstić information content (AvgIpc) is 3.78. The van der Waals surface area contributed by atoms with E-state index in [-0.39, 0.29) is 29.9 Å². The average molecular weight is 840 g/mol.